The second-order valence-electron chi connectivity index (χ2n) is 2.64. The minimum Gasteiger partial charge on any atom is -0.379 e. The number of hydrogen-bond acceptors (Lipinski definition) is 4. The molecule has 0 bridgehead atoms. The summed E-state index contributed by atoms with van der Waals surface area (Å²) in [5.74, 6) is 0. The van der Waals surface area contributed by atoms with E-state index in [-0.39, 0.29) is 6.29 Å². The second kappa shape index (κ2) is 5.80. The zero-order chi connectivity index (χ0) is 10.4. The summed E-state index contributed by atoms with van der Waals surface area (Å²) in [4.78, 5) is 3.88. The van der Waals surface area contributed by atoms with Gasteiger partial charge >= 0.3 is 0 Å². The molecule has 1 heterocycles. The molecule has 5 heteroatoms. The third-order valence-corrected chi connectivity index (χ3v) is 2.06. The lowest BCUT2D eigenvalue weighted by Gasteiger charge is -2.15. The van der Waals surface area contributed by atoms with Gasteiger partial charge in [0.15, 0.2) is 6.29 Å². The number of pyridine rings is 1. The smallest absolute Gasteiger partial charge is 0.173 e. The van der Waals surface area contributed by atoms with Crippen molar-refractivity contribution in [1.82, 2.24) is 4.98 Å². The molecule has 0 aliphatic heterocycles. The van der Waals surface area contributed by atoms with Gasteiger partial charge < -0.3 is 14.8 Å². The molecule has 4 nitrogen and oxygen atoms in total. The molecule has 0 fully saturated rings. The number of hydrogen-bond donors (Lipinski definition) is 1. The summed E-state index contributed by atoms with van der Waals surface area (Å²) in [6.07, 6.45) is 2.97. The third kappa shape index (κ3) is 3.14. The zero-order valence-electron chi connectivity index (χ0n) is 8.16. The Morgan fingerprint density at radius 3 is 2.79 bits per heavy atom. The Morgan fingerprint density at radius 1 is 1.50 bits per heavy atom. The maximum absolute atomic E-state index is 5.89. The summed E-state index contributed by atoms with van der Waals surface area (Å²) in [5.41, 5.74) is 0.820. The SMILES string of the molecule is COC(CNc1ccncc1Cl)OC. The van der Waals surface area contributed by atoms with Gasteiger partial charge in [-0.25, -0.2) is 0 Å². The van der Waals surface area contributed by atoms with E-state index in [9.17, 15) is 0 Å². The predicted octanol–water partition coefficient (Wildman–Crippen LogP) is 1.77. The highest BCUT2D eigenvalue weighted by Gasteiger charge is 2.05. The molecule has 0 unspecified atom stereocenters. The van der Waals surface area contributed by atoms with Crippen LogP contribution in [0.15, 0.2) is 18.5 Å². The van der Waals surface area contributed by atoms with Crippen molar-refractivity contribution in [3.05, 3.63) is 23.5 Å². The zero-order valence-corrected chi connectivity index (χ0v) is 8.91. The Bertz CT molecular complexity index is 279. The maximum Gasteiger partial charge on any atom is 0.173 e. The Balaban J connectivity index is 2.49. The average Bonchev–Trinajstić information content (AvgIpc) is 2.22. The van der Waals surface area contributed by atoms with E-state index in [4.69, 9.17) is 21.1 Å². The molecule has 1 N–H and O–H groups in total. The van der Waals surface area contributed by atoms with Crippen LogP contribution in [0.3, 0.4) is 0 Å². The topological polar surface area (TPSA) is 43.4 Å². The van der Waals surface area contributed by atoms with Gasteiger partial charge in [0, 0.05) is 26.6 Å². The van der Waals surface area contributed by atoms with Crippen molar-refractivity contribution in [1.29, 1.82) is 0 Å². The quantitative estimate of drug-likeness (QED) is 0.762. The molecule has 0 aliphatic rings. The number of nitrogens with zero attached hydrogens (tertiary/aromatic N) is 1. The third-order valence-electron chi connectivity index (χ3n) is 1.76. The van der Waals surface area contributed by atoms with Gasteiger partial charge in [0.2, 0.25) is 0 Å². The summed E-state index contributed by atoms with van der Waals surface area (Å²) in [7, 11) is 3.17. The first-order valence-electron chi connectivity index (χ1n) is 4.17. The van der Waals surface area contributed by atoms with E-state index in [1.54, 1.807) is 32.7 Å². The fourth-order valence-electron chi connectivity index (χ4n) is 0.975. The molecule has 14 heavy (non-hydrogen) atoms. The molecular weight excluding hydrogens is 204 g/mol. The van der Waals surface area contributed by atoms with E-state index < -0.39 is 0 Å². The minimum atomic E-state index is -0.278. The van der Waals surface area contributed by atoms with Crippen LogP contribution in [-0.2, 0) is 9.47 Å². The van der Waals surface area contributed by atoms with Gasteiger partial charge in [-0.15, -0.1) is 0 Å². The van der Waals surface area contributed by atoms with Gasteiger partial charge in [0.25, 0.3) is 0 Å². The number of methoxy groups -OCH3 is 2. The molecule has 1 aromatic heterocycles. The van der Waals surface area contributed by atoms with E-state index in [2.05, 4.69) is 10.3 Å². The Morgan fingerprint density at radius 2 is 2.21 bits per heavy atom. The molecule has 0 saturated carbocycles. The summed E-state index contributed by atoms with van der Waals surface area (Å²) in [6.45, 7) is 0.538. The lowest BCUT2D eigenvalue weighted by atomic mass is 10.4. The average molecular weight is 217 g/mol. The van der Waals surface area contributed by atoms with Gasteiger partial charge in [-0.2, -0.15) is 0 Å². The number of anilines is 1. The normalized spacial score (nSPS) is 10.6. The van der Waals surface area contributed by atoms with Crippen molar-refractivity contribution < 1.29 is 9.47 Å². The van der Waals surface area contributed by atoms with Gasteiger partial charge in [-0.3, -0.25) is 4.98 Å². The first kappa shape index (κ1) is 11.2. The standard InChI is InChI=1S/C9H13ClN2O2/c1-13-9(14-2)6-12-8-3-4-11-5-7(8)10/h3-5,9H,6H2,1-2H3,(H,11,12). The molecule has 0 aromatic carbocycles. The van der Waals surface area contributed by atoms with Crippen LogP contribution in [-0.4, -0.2) is 32.0 Å². The van der Waals surface area contributed by atoms with Crippen molar-refractivity contribution in [2.24, 2.45) is 0 Å². The van der Waals surface area contributed by atoms with Gasteiger partial charge in [0.1, 0.15) is 0 Å². The highest BCUT2D eigenvalue weighted by Crippen LogP contribution is 2.18. The van der Waals surface area contributed by atoms with Gasteiger partial charge in [0.05, 0.1) is 17.3 Å². The minimum absolute atomic E-state index is 0.278. The summed E-state index contributed by atoms with van der Waals surface area (Å²) in [5, 5.41) is 3.67. The van der Waals surface area contributed by atoms with Crippen molar-refractivity contribution in [2.45, 2.75) is 6.29 Å². The van der Waals surface area contributed by atoms with Crippen LogP contribution < -0.4 is 5.32 Å². The van der Waals surface area contributed by atoms with Crippen molar-refractivity contribution >= 4 is 17.3 Å². The van der Waals surface area contributed by atoms with Gasteiger partial charge in [-0.05, 0) is 6.07 Å². The van der Waals surface area contributed by atoms with Crippen molar-refractivity contribution in [3.63, 3.8) is 0 Å². The first-order valence-corrected chi connectivity index (χ1v) is 4.54. The highest BCUT2D eigenvalue weighted by atomic mass is 35.5. The molecule has 0 spiro atoms. The number of ether oxygens (including phenoxy) is 2. The molecule has 0 saturated heterocycles. The first-order chi connectivity index (χ1) is 6.77. The van der Waals surface area contributed by atoms with Crippen LogP contribution in [0.4, 0.5) is 5.69 Å². The maximum atomic E-state index is 5.89. The second-order valence-corrected chi connectivity index (χ2v) is 3.04. The number of nitrogens with one attached hydrogen (secondary N) is 1. The highest BCUT2D eigenvalue weighted by molar-refractivity contribution is 6.33. The Kier molecular flexibility index (Phi) is 4.65. The monoisotopic (exact) mass is 216 g/mol. The van der Waals surface area contributed by atoms with E-state index in [0.29, 0.717) is 11.6 Å². The van der Waals surface area contributed by atoms with Crippen LogP contribution in [0.5, 0.6) is 0 Å². The molecule has 78 valence electrons. The predicted molar refractivity (Wildman–Crippen MR) is 55.5 cm³/mol. The number of aromatic nitrogens is 1. The van der Waals surface area contributed by atoms with E-state index in [1.807, 2.05) is 0 Å². The molecule has 0 radical (unpaired) electrons. The lowest BCUT2D eigenvalue weighted by molar-refractivity contribution is -0.0914. The molecule has 0 atom stereocenters. The molecule has 0 aliphatic carbocycles. The summed E-state index contributed by atoms with van der Waals surface area (Å²) >= 11 is 5.89. The molecular formula is C9H13ClN2O2. The van der Waals surface area contributed by atoms with E-state index in [1.165, 1.54) is 0 Å². The van der Waals surface area contributed by atoms with Crippen LogP contribution in [0.1, 0.15) is 0 Å². The number of halogens is 1. The van der Waals surface area contributed by atoms with Crippen molar-refractivity contribution in [3.8, 4) is 0 Å². The fourth-order valence-corrected chi connectivity index (χ4v) is 1.16. The van der Waals surface area contributed by atoms with Crippen LogP contribution in [0.25, 0.3) is 0 Å². The van der Waals surface area contributed by atoms with Crippen molar-refractivity contribution in [2.75, 3.05) is 26.1 Å². The summed E-state index contributed by atoms with van der Waals surface area (Å²) in [6, 6.07) is 1.80. The van der Waals surface area contributed by atoms with E-state index in [0.717, 1.165) is 5.69 Å². The van der Waals surface area contributed by atoms with Gasteiger partial charge in [-0.1, -0.05) is 11.6 Å². The largest absolute Gasteiger partial charge is 0.379 e. The molecule has 1 rings (SSSR count). The van der Waals surface area contributed by atoms with Crippen LogP contribution in [0.2, 0.25) is 5.02 Å². The fraction of sp³-hybridized carbons (Fsp3) is 0.444. The van der Waals surface area contributed by atoms with E-state index >= 15 is 0 Å². The molecule has 0 amide bonds. The molecule has 1 aromatic rings. The Labute approximate surface area is 88.2 Å². The Hall–Kier alpha value is -0.840. The van der Waals surface area contributed by atoms with Crippen LogP contribution >= 0.6 is 11.6 Å². The number of rotatable bonds is 5. The lowest BCUT2D eigenvalue weighted by Crippen LogP contribution is -2.23. The summed E-state index contributed by atoms with van der Waals surface area (Å²) < 4.78 is 10.0. The van der Waals surface area contributed by atoms with Crippen LogP contribution in [0, 0.1) is 0 Å².